The number of aromatic nitrogens is 1. The Bertz CT molecular complexity index is 1020. The van der Waals surface area contributed by atoms with Gasteiger partial charge in [0.2, 0.25) is 0 Å². The van der Waals surface area contributed by atoms with E-state index in [1.807, 2.05) is 0 Å². The number of halogens is 2. The Morgan fingerprint density at radius 2 is 1.88 bits per heavy atom. The third kappa shape index (κ3) is 3.22. The van der Waals surface area contributed by atoms with Crippen LogP contribution in [0.3, 0.4) is 0 Å². The molecule has 3 aromatic rings. The Morgan fingerprint density at radius 3 is 2.50 bits per heavy atom. The molecule has 0 atom stereocenters. The molecule has 2 aromatic carbocycles. The molecule has 0 aliphatic carbocycles. The van der Waals surface area contributed by atoms with Gasteiger partial charge >= 0.3 is 6.09 Å². The summed E-state index contributed by atoms with van der Waals surface area (Å²) in [5, 5.41) is 0.907. The number of carbonyl (C=O) groups excluding carboxylic acids is 2. The maximum absolute atomic E-state index is 14.4. The van der Waals surface area contributed by atoms with Crippen LogP contribution in [0.1, 0.15) is 31.3 Å². The lowest BCUT2D eigenvalue weighted by atomic mass is 10.0. The number of ether oxygens (including phenoxy) is 1. The fourth-order valence-electron chi connectivity index (χ4n) is 2.85. The second-order valence-corrected chi connectivity index (χ2v) is 7.27. The number of hydrogen-bond acceptors (Lipinski definition) is 3. The molecule has 4 nitrogen and oxygen atoms in total. The predicted octanol–water partition coefficient (Wildman–Crippen LogP) is 5.70. The molecule has 1 heterocycles. The molecule has 0 aliphatic heterocycles. The first kappa shape index (κ1) is 18.1. The van der Waals surface area contributed by atoms with Gasteiger partial charge in [-0.1, -0.05) is 29.8 Å². The average Bonchev–Trinajstić information content (AvgIpc) is 2.87. The Balaban J connectivity index is 2.38. The van der Waals surface area contributed by atoms with Gasteiger partial charge in [-0.3, -0.25) is 4.79 Å². The van der Waals surface area contributed by atoms with Crippen molar-refractivity contribution >= 4 is 34.9 Å². The zero-order valence-corrected chi connectivity index (χ0v) is 15.3. The maximum Gasteiger partial charge on any atom is 0.419 e. The van der Waals surface area contributed by atoms with Crippen LogP contribution < -0.4 is 0 Å². The van der Waals surface area contributed by atoms with Gasteiger partial charge in [0.1, 0.15) is 17.1 Å². The molecule has 134 valence electrons. The first-order chi connectivity index (χ1) is 12.2. The summed E-state index contributed by atoms with van der Waals surface area (Å²) in [5.74, 6) is -0.501. The minimum absolute atomic E-state index is 0.0154. The van der Waals surface area contributed by atoms with Crippen molar-refractivity contribution in [2.45, 2.75) is 26.4 Å². The highest BCUT2D eigenvalue weighted by Crippen LogP contribution is 2.37. The quantitative estimate of drug-likeness (QED) is 0.541. The first-order valence-electron chi connectivity index (χ1n) is 8.00. The molecule has 0 saturated carbocycles. The molecule has 0 radical (unpaired) electrons. The minimum Gasteiger partial charge on any atom is -0.443 e. The predicted molar refractivity (Wildman–Crippen MR) is 99.4 cm³/mol. The molecule has 0 saturated heterocycles. The molecule has 0 unspecified atom stereocenters. The van der Waals surface area contributed by atoms with Crippen molar-refractivity contribution in [3.05, 3.63) is 59.0 Å². The Kier molecular flexibility index (Phi) is 4.59. The lowest BCUT2D eigenvalue weighted by Gasteiger charge is -2.20. The number of hydrogen-bond donors (Lipinski definition) is 0. The highest BCUT2D eigenvalue weighted by molar-refractivity contribution is 6.31. The molecule has 0 amide bonds. The summed E-state index contributed by atoms with van der Waals surface area (Å²) >= 11 is 6.10. The molecule has 6 heteroatoms. The van der Waals surface area contributed by atoms with E-state index in [4.69, 9.17) is 16.3 Å². The number of aldehydes is 1. The Morgan fingerprint density at radius 1 is 1.19 bits per heavy atom. The van der Waals surface area contributed by atoms with Crippen LogP contribution in [0.4, 0.5) is 9.18 Å². The first-order valence-corrected chi connectivity index (χ1v) is 8.38. The number of nitrogens with zero attached hydrogens (tertiary/aromatic N) is 1. The van der Waals surface area contributed by atoms with Crippen molar-refractivity contribution in [2.75, 3.05) is 0 Å². The van der Waals surface area contributed by atoms with Gasteiger partial charge in [0.05, 0.1) is 5.52 Å². The lowest BCUT2D eigenvalue weighted by molar-refractivity contribution is 0.0539. The molecular weight excluding hydrogens is 357 g/mol. The number of rotatable bonds is 2. The standard InChI is InChI=1S/C20H17ClFNO3/c1-20(2,3)26-19(25)23-16-9-8-12(21)10-14(16)18(17(23)11-24)13-6-4-5-7-15(13)22/h4-11H,1-3H3. The molecule has 0 bridgehead atoms. The normalized spacial score (nSPS) is 11.6. The molecule has 1 aromatic heterocycles. The number of benzene rings is 2. The molecule has 0 fully saturated rings. The van der Waals surface area contributed by atoms with Crippen LogP contribution in [0.2, 0.25) is 5.02 Å². The van der Waals surface area contributed by atoms with E-state index in [1.54, 1.807) is 57.2 Å². The zero-order chi connectivity index (χ0) is 19.1. The molecule has 0 aliphatic rings. The van der Waals surface area contributed by atoms with E-state index < -0.39 is 17.5 Å². The van der Waals surface area contributed by atoms with Crippen LogP contribution in [0.15, 0.2) is 42.5 Å². The second-order valence-electron chi connectivity index (χ2n) is 6.84. The van der Waals surface area contributed by atoms with E-state index in [0.29, 0.717) is 27.8 Å². The topological polar surface area (TPSA) is 48.3 Å². The monoisotopic (exact) mass is 373 g/mol. The van der Waals surface area contributed by atoms with Crippen molar-refractivity contribution in [1.82, 2.24) is 4.57 Å². The van der Waals surface area contributed by atoms with Crippen LogP contribution in [0, 0.1) is 5.82 Å². The summed E-state index contributed by atoms with van der Waals surface area (Å²) < 4.78 is 21.0. The fraction of sp³-hybridized carbons (Fsp3) is 0.200. The van der Waals surface area contributed by atoms with Crippen LogP contribution in [-0.4, -0.2) is 22.5 Å². The van der Waals surface area contributed by atoms with Crippen LogP contribution in [-0.2, 0) is 4.74 Å². The van der Waals surface area contributed by atoms with Crippen molar-refractivity contribution in [2.24, 2.45) is 0 Å². The van der Waals surface area contributed by atoms with Crippen molar-refractivity contribution in [3.8, 4) is 11.1 Å². The minimum atomic E-state index is -0.752. The average molecular weight is 374 g/mol. The fourth-order valence-corrected chi connectivity index (χ4v) is 3.02. The van der Waals surface area contributed by atoms with E-state index in [0.717, 1.165) is 4.57 Å². The van der Waals surface area contributed by atoms with Gasteiger partial charge in [0, 0.05) is 21.5 Å². The summed E-state index contributed by atoms with van der Waals surface area (Å²) in [5.41, 5.74) is 0.203. The van der Waals surface area contributed by atoms with E-state index in [9.17, 15) is 14.0 Å². The smallest absolute Gasteiger partial charge is 0.419 e. The van der Waals surface area contributed by atoms with Gasteiger partial charge < -0.3 is 4.74 Å². The van der Waals surface area contributed by atoms with E-state index in [-0.39, 0.29) is 11.3 Å². The molecule has 3 rings (SSSR count). The summed E-state index contributed by atoms with van der Waals surface area (Å²) in [4.78, 5) is 24.6. The number of fused-ring (bicyclic) bond motifs is 1. The molecule has 0 spiro atoms. The summed E-state index contributed by atoms with van der Waals surface area (Å²) in [7, 11) is 0. The SMILES string of the molecule is CC(C)(C)OC(=O)n1c(C=O)c(-c2ccccc2F)c2cc(Cl)ccc21. The third-order valence-electron chi connectivity index (χ3n) is 3.80. The highest BCUT2D eigenvalue weighted by Gasteiger charge is 2.27. The summed E-state index contributed by atoms with van der Waals surface area (Å²) in [6.45, 7) is 5.18. The highest BCUT2D eigenvalue weighted by atomic mass is 35.5. The third-order valence-corrected chi connectivity index (χ3v) is 4.03. The Labute approximate surface area is 155 Å². The summed E-state index contributed by atoms with van der Waals surface area (Å²) in [6, 6.07) is 10.9. The van der Waals surface area contributed by atoms with Crippen LogP contribution >= 0.6 is 11.6 Å². The van der Waals surface area contributed by atoms with Crippen molar-refractivity contribution in [1.29, 1.82) is 0 Å². The Hall–Kier alpha value is -2.66. The largest absolute Gasteiger partial charge is 0.443 e. The zero-order valence-electron chi connectivity index (χ0n) is 14.5. The lowest BCUT2D eigenvalue weighted by Crippen LogP contribution is -2.28. The van der Waals surface area contributed by atoms with Crippen LogP contribution in [0.5, 0.6) is 0 Å². The summed E-state index contributed by atoms with van der Waals surface area (Å²) in [6.07, 6.45) is -0.186. The van der Waals surface area contributed by atoms with Crippen molar-refractivity contribution in [3.63, 3.8) is 0 Å². The molecule has 26 heavy (non-hydrogen) atoms. The van der Waals surface area contributed by atoms with Gasteiger partial charge in [0.15, 0.2) is 6.29 Å². The van der Waals surface area contributed by atoms with Gasteiger partial charge in [-0.05, 0) is 45.0 Å². The van der Waals surface area contributed by atoms with E-state index >= 15 is 0 Å². The van der Waals surface area contributed by atoms with Gasteiger partial charge in [-0.15, -0.1) is 0 Å². The van der Waals surface area contributed by atoms with E-state index in [1.165, 1.54) is 6.07 Å². The van der Waals surface area contributed by atoms with Crippen LogP contribution in [0.25, 0.3) is 22.0 Å². The van der Waals surface area contributed by atoms with E-state index in [2.05, 4.69) is 0 Å². The molecule has 0 N–H and O–H groups in total. The molecular formula is C20H17ClFNO3. The number of carbonyl (C=O) groups is 2. The van der Waals surface area contributed by atoms with Gasteiger partial charge in [-0.25, -0.2) is 13.8 Å². The van der Waals surface area contributed by atoms with Gasteiger partial charge in [-0.2, -0.15) is 0 Å². The van der Waals surface area contributed by atoms with Gasteiger partial charge in [0.25, 0.3) is 0 Å². The maximum atomic E-state index is 14.4. The second kappa shape index (κ2) is 6.57. The van der Waals surface area contributed by atoms with Crippen molar-refractivity contribution < 1.29 is 18.7 Å².